The zero-order valence-corrected chi connectivity index (χ0v) is 15.4. The summed E-state index contributed by atoms with van der Waals surface area (Å²) in [6, 6.07) is 15.1. The van der Waals surface area contributed by atoms with Gasteiger partial charge in [-0.2, -0.15) is 0 Å². The highest BCUT2D eigenvalue weighted by Crippen LogP contribution is 2.26. The van der Waals surface area contributed by atoms with E-state index >= 15 is 0 Å². The third-order valence-corrected chi connectivity index (χ3v) is 4.74. The summed E-state index contributed by atoms with van der Waals surface area (Å²) in [5.41, 5.74) is 1.68. The predicted molar refractivity (Wildman–Crippen MR) is 110 cm³/mol. The third-order valence-electron chi connectivity index (χ3n) is 4.74. The molecule has 0 atom stereocenters. The van der Waals surface area contributed by atoms with Gasteiger partial charge in [0.15, 0.2) is 0 Å². The van der Waals surface area contributed by atoms with Crippen LogP contribution < -0.4 is 16.0 Å². The Morgan fingerprint density at radius 2 is 1.54 bits per heavy atom. The molecular weight excluding hydrogens is 352 g/mol. The highest BCUT2D eigenvalue weighted by Gasteiger charge is 2.22. The number of hydrogen-bond donors (Lipinski definition) is 3. The molecule has 4 rings (SSSR count). The van der Waals surface area contributed by atoms with E-state index in [1.54, 1.807) is 6.20 Å². The maximum atomic E-state index is 12.2. The summed E-state index contributed by atoms with van der Waals surface area (Å²) < 4.78 is 0. The van der Waals surface area contributed by atoms with Crippen LogP contribution in [0, 0.1) is 5.92 Å². The Morgan fingerprint density at radius 3 is 2.25 bits per heavy atom. The molecule has 7 nitrogen and oxygen atoms in total. The molecule has 7 heteroatoms. The predicted octanol–water partition coefficient (Wildman–Crippen LogP) is 4.49. The summed E-state index contributed by atoms with van der Waals surface area (Å²) in [6.45, 7) is 0. The van der Waals surface area contributed by atoms with Gasteiger partial charge in [-0.3, -0.25) is 4.79 Å². The number of pyridine rings is 1. The fourth-order valence-corrected chi connectivity index (χ4v) is 3.28. The smallest absolute Gasteiger partial charge is 0.227 e. The Balaban J connectivity index is 1.37. The Hall–Kier alpha value is -3.48. The molecule has 1 aromatic carbocycles. The number of anilines is 5. The van der Waals surface area contributed by atoms with Crippen LogP contribution in [0.3, 0.4) is 0 Å². The van der Waals surface area contributed by atoms with Crippen molar-refractivity contribution in [1.82, 2.24) is 15.0 Å². The van der Waals surface area contributed by atoms with E-state index in [0.717, 1.165) is 42.9 Å². The molecule has 3 aromatic rings. The average molecular weight is 374 g/mol. The number of nitrogens with zero attached hydrogens (tertiary/aromatic N) is 3. The van der Waals surface area contributed by atoms with Crippen LogP contribution in [-0.2, 0) is 4.79 Å². The summed E-state index contributed by atoms with van der Waals surface area (Å²) in [5, 5.41) is 9.38. The van der Waals surface area contributed by atoms with Crippen LogP contribution >= 0.6 is 0 Å². The van der Waals surface area contributed by atoms with Gasteiger partial charge < -0.3 is 16.0 Å². The summed E-state index contributed by atoms with van der Waals surface area (Å²) in [7, 11) is 0. The third kappa shape index (κ3) is 4.62. The molecule has 0 unspecified atom stereocenters. The van der Waals surface area contributed by atoms with Gasteiger partial charge in [0.2, 0.25) is 5.91 Å². The lowest BCUT2D eigenvalue weighted by Gasteiger charge is -2.11. The van der Waals surface area contributed by atoms with E-state index in [0.29, 0.717) is 11.6 Å². The van der Waals surface area contributed by atoms with Crippen LogP contribution in [0.15, 0.2) is 61.1 Å². The fraction of sp³-hybridized carbons (Fsp3) is 0.238. The van der Waals surface area contributed by atoms with E-state index in [-0.39, 0.29) is 11.8 Å². The number of carbonyl (C=O) groups excluding carboxylic acids is 1. The van der Waals surface area contributed by atoms with Gasteiger partial charge in [0.1, 0.15) is 23.8 Å². The minimum atomic E-state index is 0.124. The van der Waals surface area contributed by atoms with Crippen LogP contribution in [0.4, 0.5) is 28.8 Å². The first-order chi connectivity index (χ1) is 13.8. The maximum absolute atomic E-state index is 12.2. The van der Waals surface area contributed by atoms with Crippen LogP contribution in [-0.4, -0.2) is 20.9 Å². The lowest BCUT2D eigenvalue weighted by molar-refractivity contribution is -0.119. The second-order valence-electron chi connectivity index (χ2n) is 6.80. The molecule has 2 heterocycles. The Bertz CT molecular complexity index is 923. The van der Waals surface area contributed by atoms with Gasteiger partial charge in [0.25, 0.3) is 0 Å². The summed E-state index contributed by atoms with van der Waals surface area (Å²) in [4.78, 5) is 24.9. The summed E-state index contributed by atoms with van der Waals surface area (Å²) >= 11 is 0. The highest BCUT2D eigenvalue weighted by atomic mass is 16.1. The van der Waals surface area contributed by atoms with Crippen molar-refractivity contribution in [2.75, 3.05) is 16.0 Å². The number of rotatable bonds is 6. The largest absolute Gasteiger partial charge is 0.340 e. The van der Waals surface area contributed by atoms with Crippen molar-refractivity contribution in [1.29, 1.82) is 0 Å². The van der Waals surface area contributed by atoms with Crippen LogP contribution in [0.25, 0.3) is 0 Å². The molecule has 0 aliphatic heterocycles. The molecular formula is C21H22N6O. The molecule has 0 radical (unpaired) electrons. The monoisotopic (exact) mass is 374 g/mol. The molecule has 1 amide bonds. The van der Waals surface area contributed by atoms with Gasteiger partial charge in [-0.1, -0.05) is 18.9 Å². The minimum Gasteiger partial charge on any atom is -0.340 e. The number of aromatic nitrogens is 3. The van der Waals surface area contributed by atoms with Crippen molar-refractivity contribution in [2.24, 2.45) is 5.92 Å². The molecule has 0 saturated heterocycles. The van der Waals surface area contributed by atoms with Crippen molar-refractivity contribution in [3.63, 3.8) is 0 Å². The van der Waals surface area contributed by atoms with Gasteiger partial charge >= 0.3 is 0 Å². The molecule has 0 spiro atoms. The molecule has 1 aliphatic carbocycles. The van der Waals surface area contributed by atoms with E-state index in [9.17, 15) is 4.79 Å². The summed E-state index contributed by atoms with van der Waals surface area (Å²) in [6.07, 6.45) is 7.50. The van der Waals surface area contributed by atoms with E-state index < -0.39 is 0 Å². The number of carbonyl (C=O) groups is 1. The second-order valence-corrected chi connectivity index (χ2v) is 6.80. The Morgan fingerprint density at radius 1 is 0.821 bits per heavy atom. The first kappa shape index (κ1) is 17.9. The van der Waals surface area contributed by atoms with E-state index in [4.69, 9.17) is 0 Å². The van der Waals surface area contributed by atoms with Gasteiger partial charge in [-0.15, -0.1) is 0 Å². The van der Waals surface area contributed by atoms with Crippen molar-refractivity contribution < 1.29 is 4.79 Å². The van der Waals surface area contributed by atoms with Gasteiger partial charge in [0.05, 0.1) is 0 Å². The van der Waals surface area contributed by atoms with Gasteiger partial charge in [-0.05, 0) is 49.2 Å². The molecule has 142 valence electrons. The molecule has 1 fully saturated rings. The fourth-order valence-electron chi connectivity index (χ4n) is 3.28. The minimum absolute atomic E-state index is 0.124. The lowest BCUT2D eigenvalue weighted by Crippen LogP contribution is -2.20. The molecule has 3 N–H and O–H groups in total. The second kappa shape index (κ2) is 8.47. The van der Waals surface area contributed by atoms with Crippen molar-refractivity contribution in [3.8, 4) is 0 Å². The number of amides is 1. The van der Waals surface area contributed by atoms with Crippen LogP contribution in [0.5, 0.6) is 0 Å². The first-order valence-electron chi connectivity index (χ1n) is 9.44. The number of benzene rings is 1. The standard InChI is InChI=1S/C21H22N6O/c28-21(15-5-1-2-6-15)26-17-10-8-16(9-11-17)25-19-13-20(24-14-23-19)27-18-7-3-4-12-22-18/h3-4,7-15H,1-2,5-6H2,(H,26,28)(H2,22,23,24,25,27). The van der Waals surface area contributed by atoms with E-state index in [1.807, 2.05) is 48.5 Å². The van der Waals surface area contributed by atoms with E-state index in [1.165, 1.54) is 6.33 Å². The lowest BCUT2D eigenvalue weighted by atomic mass is 10.1. The summed E-state index contributed by atoms with van der Waals surface area (Å²) in [5.74, 6) is 2.31. The SMILES string of the molecule is O=C(Nc1ccc(Nc2cc(Nc3ccccn3)ncn2)cc1)C1CCCC1. The molecule has 2 aromatic heterocycles. The van der Waals surface area contributed by atoms with E-state index in [2.05, 4.69) is 30.9 Å². The van der Waals surface area contributed by atoms with Gasteiger partial charge in [0, 0.05) is 29.6 Å². The topological polar surface area (TPSA) is 91.8 Å². The Labute approximate surface area is 163 Å². The molecule has 1 saturated carbocycles. The van der Waals surface area contributed by atoms with Crippen LogP contribution in [0.1, 0.15) is 25.7 Å². The van der Waals surface area contributed by atoms with Gasteiger partial charge in [-0.25, -0.2) is 15.0 Å². The van der Waals surface area contributed by atoms with Crippen molar-refractivity contribution in [3.05, 3.63) is 61.1 Å². The zero-order valence-electron chi connectivity index (χ0n) is 15.4. The normalized spacial score (nSPS) is 13.9. The van der Waals surface area contributed by atoms with Crippen molar-refractivity contribution >= 4 is 34.7 Å². The highest BCUT2D eigenvalue weighted by molar-refractivity contribution is 5.92. The molecule has 0 bridgehead atoms. The quantitative estimate of drug-likeness (QED) is 0.589. The maximum Gasteiger partial charge on any atom is 0.227 e. The van der Waals surface area contributed by atoms with Crippen molar-refractivity contribution in [2.45, 2.75) is 25.7 Å². The van der Waals surface area contributed by atoms with Crippen LogP contribution in [0.2, 0.25) is 0 Å². The average Bonchev–Trinajstić information content (AvgIpc) is 3.26. The Kier molecular flexibility index (Phi) is 5.42. The zero-order chi connectivity index (χ0) is 19.2. The number of nitrogens with one attached hydrogen (secondary N) is 3. The number of hydrogen-bond acceptors (Lipinski definition) is 6. The molecule has 28 heavy (non-hydrogen) atoms. The first-order valence-corrected chi connectivity index (χ1v) is 9.44. The molecule has 1 aliphatic rings.